The molecule has 0 aliphatic rings. The van der Waals surface area contributed by atoms with Gasteiger partial charge in [-0.2, -0.15) is 0 Å². The van der Waals surface area contributed by atoms with Gasteiger partial charge in [0.25, 0.3) is 0 Å². The van der Waals surface area contributed by atoms with Crippen LogP contribution in [0.2, 0.25) is 0 Å². The molecule has 0 aliphatic heterocycles. The molecule has 5 heteroatoms. The van der Waals surface area contributed by atoms with E-state index in [1.165, 1.54) is 4.88 Å². The zero-order valence-corrected chi connectivity index (χ0v) is 12.2. The van der Waals surface area contributed by atoms with Crippen LogP contribution in [-0.4, -0.2) is 9.97 Å². The van der Waals surface area contributed by atoms with Gasteiger partial charge in [-0.1, -0.05) is 0 Å². The molecule has 1 atom stereocenters. The Morgan fingerprint density at radius 2 is 2.24 bits per heavy atom. The quantitative estimate of drug-likeness (QED) is 0.947. The number of aryl methyl sites for hydroxylation is 2. The summed E-state index contributed by atoms with van der Waals surface area (Å²) in [5.41, 5.74) is 8.14. The standard InChI is InChI=1S/C12H14BrN3S/c1-7-8(2)17-11(16-7)6-10(14)12-9(13)4-3-5-15-12/h3-5,10H,6,14H2,1-2H3. The topological polar surface area (TPSA) is 51.8 Å². The van der Waals surface area contributed by atoms with E-state index in [-0.39, 0.29) is 6.04 Å². The van der Waals surface area contributed by atoms with E-state index in [2.05, 4.69) is 32.8 Å². The molecular formula is C12H14BrN3S. The van der Waals surface area contributed by atoms with Crippen molar-refractivity contribution < 1.29 is 0 Å². The third-order valence-corrected chi connectivity index (χ3v) is 4.37. The number of nitrogens with zero attached hydrogens (tertiary/aromatic N) is 2. The largest absolute Gasteiger partial charge is 0.322 e. The third kappa shape index (κ3) is 2.91. The van der Waals surface area contributed by atoms with Crippen molar-refractivity contribution in [3.05, 3.63) is 44.1 Å². The predicted octanol–water partition coefficient (Wildman–Crippen LogP) is 3.16. The molecule has 0 aliphatic carbocycles. The highest BCUT2D eigenvalue weighted by Gasteiger charge is 2.14. The molecule has 0 saturated heterocycles. The Kier molecular flexibility index (Phi) is 3.91. The number of hydrogen-bond acceptors (Lipinski definition) is 4. The lowest BCUT2D eigenvalue weighted by atomic mass is 10.1. The first-order chi connectivity index (χ1) is 8.08. The van der Waals surface area contributed by atoms with Crippen LogP contribution < -0.4 is 5.73 Å². The smallest absolute Gasteiger partial charge is 0.0950 e. The van der Waals surface area contributed by atoms with E-state index in [0.717, 1.165) is 27.3 Å². The highest BCUT2D eigenvalue weighted by Crippen LogP contribution is 2.25. The zero-order chi connectivity index (χ0) is 12.4. The lowest BCUT2D eigenvalue weighted by Gasteiger charge is -2.10. The van der Waals surface area contributed by atoms with Crippen molar-refractivity contribution in [1.82, 2.24) is 9.97 Å². The van der Waals surface area contributed by atoms with Crippen LogP contribution in [-0.2, 0) is 6.42 Å². The van der Waals surface area contributed by atoms with Crippen molar-refractivity contribution in [2.24, 2.45) is 5.73 Å². The van der Waals surface area contributed by atoms with Gasteiger partial charge in [0.1, 0.15) is 0 Å². The Bertz CT molecular complexity index is 505. The van der Waals surface area contributed by atoms with E-state index in [1.54, 1.807) is 17.5 Å². The molecule has 90 valence electrons. The van der Waals surface area contributed by atoms with Crippen LogP contribution in [0.4, 0.5) is 0 Å². The van der Waals surface area contributed by atoms with E-state index in [1.807, 2.05) is 19.1 Å². The summed E-state index contributed by atoms with van der Waals surface area (Å²) in [6.45, 7) is 4.11. The molecule has 2 aromatic heterocycles. The SMILES string of the molecule is Cc1nc(CC(N)c2ncccc2Br)sc1C. The van der Waals surface area contributed by atoms with Crippen molar-refractivity contribution in [3.8, 4) is 0 Å². The predicted molar refractivity (Wildman–Crippen MR) is 74.2 cm³/mol. The van der Waals surface area contributed by atoms with Gasteiger partial charge < -0.3 is 5.73 Å². The monoisotopic (exact) mass is 311 g/mol. The van der Waals surface area contributed by atoms with Crippen LogP contribution in [0.5, 0.6) is 0 Å². The fourth-order valence-corrected chi connectivity index (χ4v) is 3.12. The molecule has 0 bridgehead atoms. The Balaban J connectivity index is 2.17. The van der Waals surface area contributed by atoms with Gasteiger partial charge in [-0.05, 0) is 41.9 Å². The van der Waals surface area contributed by atoms with Crippen molar-refractivity contribution in [2.75, 3.05) is 0 Å². The average molecular weight is 312 g/mol. The molecule has 0 spiro atoms. The Labute approximate surface area is 113 Å². The van der Waals surface area contributed by atoms with Gasteiger partial charge in [0.2, 0.25) is 0 Å². The Hall–Kier alpha value is -0.780. The fourth-order valence-electron chi connectivity index (χ4n) is 1.58. The van der Waals surface area contributed by atoms with Crippen LogP contribution in [0.3, 0.4) is 0 Å². The van der Waals surface area contributed by atoms with Gasteiger partial charge in [0.15, 0.2) is 0 Å². The molecule has 3 nitrogen and oxygen atoms in total. The van der Waals surface area contributed by atoms with Crippen LogP contribution in [0.1, 0.15) is 27.3 Å². The third-order valence-electron chi connectivity index (χ3n) is 2.61. The van der Waals surface area contributed by atoms with E-state index < -0.39 is 0 Å². The van der Waals surface area contributed by atoms with Crippen LogP contribution in [0, 0.1) is 13.8 Å². The van der Waals surface area contributed by atoms with Gasteiger partial charge in [-0.3, -0.25) is 4.98 Å². The second-order valence-corrected chi connectivity index (χ2v) is 6.07. The summed E-state index contributed by atoms with van der Waals surface area (Å²) in [6, 6.07) is 3.73. The van der Waals surface area contributed by atoms with Crippen molar-refractivity contribution in [3.63, 3.8) is 0 Å². The van der Waals surface area contributed by atoms with Crippen molar-refractivity contribution in [1.29, 1.82) is 0 Å². The first-order valence-corrected chi connectivity index (χ1v) is 6.97. The summed E-state index contributed by atoms with van der Waals surface area (Å²) in [6.07, 6.45) is 2.49. The van der Waals surface area contributed by atoms with Gasteiger partial charge in [0.05, 0.1) is 22.4 Å². The summed E-state index contributed by atoms with van der Waals surface area (Å²) in [5.74, 6) is 0. The summed E-state index contributed by atoms with van der Waals surface area (Å²) in [4.78, 5) is 10.1. The highest BCUT2D eigenvalue weighted by molar-refractivity contribution is 9.10. The molecular weight excluding hydrogens is 298 g/mol. The summed E-state index contributed by atoms with van der Waals surface area (Å²) in [7, 11) is 0. The maximum Gasteiger partial charge on any atom is 0.0950 e. The number of halogens is 1. The maximum absolute atomic E-state index is 6.16. The molecule has 0 radical (unpaired) electrons. The van der Waals surface area contributed by atoms with Gasteiger partial charge in [-0.25, -0.2) is 4.98 Å². The summed E-state index contributed by atoms with van der Waals surface area (Å²) >= 11 is 5.18. The molecule has 17 heavy (non-hydrogen) atoms. The van der Waals surface area contributed by atoms with E-state index in [0.29, 0.717) is 0 Å². The molecule has 0 fully saturated rings. The second kappa shape index (κ2) is 5.25. The fraction of sp³-hybridized carbons (Fsp3) is 0.333. The van der Waals surface area contributed by atoms with Crippen molar-refractivity contribution >= 4 is 27.3 Å². The van der Waals surface area contributed by atoms with Gasteiger partial charge in [0, 0.05) is 22.0 Å². The molecule has 0 saturated carbocycles. The first kappa shape index (κ1) is 12.7. The average Bonchev–Trinajstić information content (AvgIpc) is 2.58. The molecule has 0 aromatic carbocycles. The number of hydrogen-bond donors (Lipinski definition) is 1. The number of nitrogens with two attached hydrogens (primary N) is 1. The lowest BCUT2D eigenvalue weighted by Crippen LogP contribution is -2.15. The summed E-state index contributed by atoms with van der Waals surface area (Å²) < 4.78 is 0.956. The Morgan fingerprint density at radius 3 is 2.82 bits per heavy atom. The van der Waals surface area contributed by atoms with Gasteiger partial charge >= 0.3 is 0 Å². The molecule has 2 aromatic rings. The highest BCUT2D eigenvalue weighted by atomic mass is 79.9. The minimum absolute atomic E-state index is 0.115. The minimum atomic E-state index is -0.115. The molecule has 2 rings (SSSR count). The number of rotatable bonds is 3. The lowest BCUT2D eigenvalue weighted by molar-refractivity contribution is 0.688. The first-order valence-electron chi connectivity index (χ1n) is 5.37. The van der Waals surface area contributed by atoms with Crippen LogP contribution in [0.25, 0.3) is 0 Å². The molecule has 0 amide bonds. The van der Waals surface area contributed by atoms with Crippen molar-refractivity contribution in [2.45, 2.75) is 26.3 Å². The van der Waals surface area contributed by atoms with E-state index in [4.69, 9.17) is 5.73 Å². The Morgan fingerprint density at radius 1 is 1.47 bits per heavy atom. The molecule has 2 N–H and O–H groups in total. The molecule has 2 heterocycles. The number of pyridine rings is 1. The van der Waals surface area contributed by atoms with Crippen LogP contribution in [0.15, 0.2) is 22.8 Å². The second-order valence-electron chi connectivity index (χ2n) is 3.93. The molecule has 1 unspecified atom stereocenters. The minimum Gasteiger partial charge on any atom is -0.322 e. The normalized spacial score (nSPS) is 12.7. The number of aromatic nitrogens is 2. The van der Waals surface area contributed by atoms with E-state index >= 15 is 0 Å². The van der Waals surface area contributed by atoms with Gasteiger partial charge in [-0.15, -0.1) is 11.3 Å². The van der Waals surface area contributed by atoms with Crippen LogP contribution >= 0.6 is 27.3 Å². The maximum atomic E-state index is 6.16. The number of thiazole rings is 1. The summed E-state index contributed by atoms with van der Waals surface area (Å²) in [5, 5.41) is 1.07. The van der Waals surface area contributed by atoms with E-state index in [9.17, 15) is 0 Å². The zero-order valence-electron chi connectivity index (χ0n) is 9.77.